The van der Waals surface area contributed by atoms with Crippen molar-refractivity contribution in [2.45, 2.75) is 13.0 Å². The van der Waals surface area contributed by atoms with E-state index in [0.29, 0.717) is 5.02 Å². The first-order valence-electron chi connectivity index (χ1n) is 6.44. The lowest BCUT2D eigenvalue weighted by Crippen LogP contribution is -2.24. The minimum absolute atomic E-state index is 0.0206. The van der Waals surface area contributed by atoms with Gasteiger partial charge < -0.3 is 5.32 Å². The molecule has 1 amide bonds. The maximum atomic E-state index is 11.9. The highest BCUT2D eigenvalue weighted by Gasteiger charge is 2.06. The van der Waals surface area contributed by atoms with E-state index in [-0.39, 0.29) is 11.9 Å². The lowest BCUT2D eigenvalue weighted by atomic mass is 10.1. The van der Waals surface area contributed by atoms with Gasteiger partial charge in [0.25, 0.3) is 0 Å². The fourth-order valence-corrected chi connectivity index (χ4v) is 2.07. The molecule has 0 fully saturated rings. The van der Waals surface area contributed by atoms with Crippen molar-refractivity contribution in [1.29, 1.82) is 0 Å². The highest BCUT2D eigenvalue weighted by molar-refractivity contribution is 6.30. The third kappa shape index (κ3) is 4.25. The molecule has 1 N–H and O–H groups in total. The SMILES string of the molecule is C[C@@H](NC(=O)/C=C/c1cccc(Cl)c1)c1ccccc1. The van der Waals surface area contributed by atoms with Crippen molar-refractivity contribution in [2.75, 3.05) is 0 Å². The summed E-state index contributed by atoms with van der Waals surface area (Å²) in [6.07, 6.45) is 3.27. The van der Waals surface area contributed by atoms with E-state index < -0.39 is 0 Å². The second kappa shape index (κ2) is 6.92. The van der Waals surface area contributed by atoms with E-state index in [1.165, 1.54) is 6.08 Å². The molecule has 2 nitrogen and oxygen atoms in total. The molecule has 0 aliphatic rings. The van der Waals surface area contributed by atoms with Gasteiger partial charge in [0.1, 0.15) is 0 Å². The molecule has 3 heteroatoms. The molecule has 0 aliphatic heterocycles. The molecule has 1 atom stereocenters. The molecule has 0 bridgehead atoms. The van der Waals surface area contributed by atoms with Crippen molar-refractivity contribution >= 4 is 23.6 Å². The first-order valence-corrected chi connectivity index (χ1v) is 6.82. The van der Waals surface area contributed by atoms with Gasteiger partial charge in [0.2, 0.25) is 5.91 Å². The van der Waals surface area contributed by atoms with Crippen LogP contribution in [0.3, 0.4) is 0 Å². The van der Waals surface area contributed by atoms with Crippen LogP contribution in [0.2, 0.25) is 5.02 Å². The first-order chi connectivity index (χ1) is 9.65. The Morgan fingerprint density at radius 1 is 1.15 bits per heavy atom. The zero-order valence-electron chi connectivity index (χ0n) is 11.2. The third-order valence-electron chi connectivity index (χ3n) is 2.93. The summed E-state index contributed by atoms with van der Waals surface area (Å²) < 4.78 is 0. The molecule has 0 saturated heterocycles. The Labute approximate surface area is 124 Å². The smallest absolute Gasteiger partial charge is 0.244 e. The lowest BCUT2D eigenvalue weighted by Gasteiger charge is -2.12. The number of hydrogen-bond donors (Lipinski definition) is 1. The number of hydrogen-bond acceptors (Lipinski definition) is 1. The number of rotatable bonds is 4. The Morgan fingerprint density at radius 3 is 2.60 bits per heavy atom. The van der Waals surface area contributed by atoms with Crippen LogP contribution in [0.15, 0.2) is 60.7 Å². The summed E-state index contributed by atoms with van der Waals surface area (Å²) in [5.41, 5.74) is 1.98. The van der Waals surface area contributed by atoms with E-state index in [2.05, 4.69) is 5.32 Å². The normalized spacial score (nSPS) is 12.3. The van der Waals surface area contributed by atoms with Crippen LogP contribution in [-0.4, -0.2) is 5.91 Å². The van der Waals surface area contributed by atoms with Crippen molar-refractivity contribution in [1.82, 2.24) is 5.32 Å². The number of halogens is 1. The average Bonchev–Trinajstić information content (AvgIpc) is 2.46. The van der Waals surface area contributed by atoms with Gasteiger partial charge in [0.15, 0.2) is 0 Å². The van der Waals surface area contributed by atoms with Gasteiger partial charge >= 0.3 is 0 Å². The summed E-state index contributed by atoms with van der Waals surface area (Å²) in [4.78, 5) is 11.9. The number of amides is 1. The van der Waals surface area contributed by atoms with Crippen molar-refractivity contribution in [3.05, 3.63) is 76.8 Å². The maximum Gasteiger partial charge on any atom is 0.244 e. The highest BCUT2D eigenvalue weighted by Crippen LogP contribution is 2.13. The summed E-state index contributed by atoms with van der Waals surface area (Å²) in [5, 5.41) is 3.58. The average molecular weight is 286 g/mol. The minimum Gasteiger partial charge on any atom is -0.346 e. The molecular formula is C17H16ClNO. The number of nitrogens with one attached hydrogen (secondary N) is 1. The van der Waals surface area contributed by atoms with Gasteiger partial charge in [0.05, 0.1) is 6.04 Å². The fourth-order valence-electron chi connectivity index (χ4n) is 1.87. The molecule has 20 heavy (non-hydrogen) atoms. The predicted octanol–water partition coefficient (Wildman–Crippen LogP) is 4.23. The molecule has 0 radical (unpaired) electrons. The van der Waals surface area contributed by atoms with Crippen molar-refractivity contribution in [2.24, 2.45) is 0 Å². The van der Waals surface area contributed by atoms with E-state index in [0.717, 1.165) is 11.1 Å². The molecule has 0 heterocycles. The first kappa shape index (κ1) is 14.4. The van der Waals surface area contributed by atoms with Crippen LogP contribution in [0.1, 0.15) is 24.1 Å². The van der Waals surface area contributed by atoms with Crippen molar-refractivity contribution in [3.8, 4) is 0 Å². The van der Waals surface area contributed by atoms with E-state index in [4.69, 9.17) is 11.6 Å². The largest absolute Gasteiger partial charge is 0.346 e. The number of carbonyl (C=O) groups excluding carboxylic acids is 1. The van der Waals surface area contributed by atoms with Gasteiger partial charge in [-0.05, 0) is 36.3 Å². The topological polar surface area (TPSA) is 29.1 Å². The maximum absolute atomic E-state index is 11.9. The second-order valence-electron chi connectivity index (χ2n) is 4.53. The van der Waals surface area contributed by atoms with Gasteiger partial charge in [-0.2, -0.15) is 0 Å². The van der Waals surface area contributed by atoms with E-state index in [9.17, 15) is 4.79 Å². The molecule has 0 spiro atoms. The molecule has 0 aromatic heterocycles. The molecule has 2 aromatic carbocycles. The van der Waals surface area contributed by atoms with Gasteiger partial charge in [-0.25, -0.2) is 0 Å². The fraction of sp³-hybridized carbons (Fsp3) is 0.118. The summed E-state index contributed by atoms with van der Waals surface area (Å²) in [5.74, 6) is -0.124. The molecule has 2 rings (SSSR count). The molecule has 0 unspecified atom stereocenters. The standard InChI is InChI=1S/C17H16ClNO/c1-13(15-7-3-2-4-8-15)19-17(20)11-10-14-6-5-9-16(18)12-14/h2-13H,1H3,(H,19,20)/b11-10+/t13-/m1/s1. The van der Waals surface area contributed by atoms with Gasteiger partial charge in [0, 0.05) is 11.1 Å². The summed E-state index contributed by atoms with van der Waals surface area (Å²) >= 11 is 5.89. The predicted molar refractivity (Wildman–Crippen MR) is 83.5 cm³/mol. The molecule has 0 aliphatic carbocycles. The lowest BCUT2D eigenvalue weighted by molar-refractivity contribution is -0.117. The Morgan fingerprint density at radius 2 is 1.90 bits per heavy atom. The number of benzene rings is 2. The van der Waals surface area contributed by atoms with E-state index >= 15 is 0 Å². The zero-order chi connectivity index (χ0) is 14.4. The highest BCUT2D eigenvalue weighted by atomic mass is 35.5. The van der Waals surface area contributed by atoms with Crippen molar-refractivity contribution < 1.29 is 4.79 Å². The van der Waals surface area contributed by atoms with Crippen LogP contribution in [-0.2, 0) is 4.79 Å². The van der Waals surface area contributed by atoms with E-state index in [1.54, 1.807) is 12.1 Å². The number of carbonyl (C=O) groups is 1. The van der Waals surface area contributed by atoms with Crippen molar-refractivity contribution in [3.63, 3.8) is 0 Å². The van der Waals surface area contributed by atoms with Crippen LogP contribution in [0.5, 0.6) is 0 Å². The van der Waals surface area contributed by atoms with Crippen LogP contribution >= 0.6 is 11.6 Å². The summed E-state index contributed by atoms with van der Waals surface area (Å²) in [7, 11) is 0. The Bertz CT molecular complexity index is 607. The summed E-state index contributed by atoms with van der Waals surface area (Å²) in [6, 6.07) is 17.2. The Balaban J connectivity index is 1.96. The van der Waals surface area contributed by atoms with Crippen LogP contribution in [0.4, 0.5) is 0 Å². The third-order valence-corrected chi connectivity index (χ3v) is 3.17. The Hall–Kier alpha value is -2.06. The molecule has 2 aromatic rings. The van der Waals surface area contributed by atoms with Gasteiger partial charge in [-0.3, -0.25) is 4.79 Å². The summed E-state index contributed by atoms with van der Waals surface area (Å²) in [6.45, 7) is 1.96. The van der Waals surface area contributed by atoms with Crippen LogP contribution < -0.4 is 5.32 Å². The zero-order valence-corrected chi connectivity index (χ0v) is 12.0. The molecule has 102 valence electrons. The second-order valence-corrected chi connectivity index (χ2v) is 4.97. The molecule has 0 saturated carbocycles. The van der Waals surface area contributed by atoms with Gasteiger partial charge in [-0.1, -0.05) is 54.1 Å². The monoisotopic (exact) mass is 285 g/mol. The quantitative estimate of drug-likeness (QED) is 0.837. The van der Waals surface area contributed by atoms with Crippen LogP contribution in [0.25, 0.3) is 6.08 Å². The minimum atomic E-state index is -0.124. The van der Waals surface area contributed by atoms with E-state index in [1.807, 2.05) is 55.5 Å². The molecular weight excluding hydrogens is 270 g/mol. The van der Waals surface area contributed by atoms with Crippen LogP contribution in [0, 0.1) is 0 Å². The van der Waals surface area contributed by atoms with Gasteiger partial charge in [-0.15, -0.1) is 0 Å². The Kier molecular flexibility index (Phi) is 4.97.